The molecule has 18 heavy (non-hydrogen) atoms. The molecule has 1 atom stereocenters. The Labute approximate surface area is 109 Å². The normalized spacial score (nSPS) is 22.1. The summed E-state index contributed by atoms with van der Waals surface area (Å²) in [5.74, 6) is -0.513. The molecular weight excluding hydrogens is 278 g/mol. The van der Waals surface area contributed by atoms with Gasteiger partial charge in [0.25, 0.3) is 0 Å². The Hall–Kier alpha value is -1.09. The third-order valence-corrected chi connectivity index (χ3v) is 5.49. The van der Waals surface area contributed by atoms with Crippen LogP contribution in [0.3, 0.4) is 0 Å². The Morgan fingerprint density at radius 1 is 1.61 bits per heavy atom. The van der Waals surface area contributed by atoms with Gasteiger partial charge in [-0.1, -0.05) is 11.8 Å². The third-order valence-electron chi connectivity index (χ3n) is 2.69. The van der Waals surface area contributed by atoms with Crippen LogP contribution in [0.15, 0.2) is 11.5 Å². The molecule has 1 saturated heterocycles. The highest BCUT2D eigenvalue weighted by Crippen LogP contribution is 2.22. The van der Waals surface area contributed by atoms with Crippen molar-refractivity contribution < 1.29 is 18.3 Å². The topological polar surface area (TPSA) is 102 Å². The van der Waals surface area contributed by atoms with Crippen LogP contribution in [0, 0.1) is 5.92 Å². The SMILES string of the molecule is O=C(O)CSc1nncn1CC1CCS(=O)(=O)C1. The number of hydrogen-bond acceptors (Lipinski definition) is 6. The summed E-state index contributed by atoms with van der Waals surface area (Å²) >= 11 is 1.09. The van der Waals surface area contributed by atoms with Crippen LogP contribution in [-0.2, 0) is 21.2 Å². The van der Waals surface area contributed by atoms with E-state index in [9.17, 15) is 13.2 Å². The summed E-state index contributed by atoms with van der Waals surface area (Å²) in [7, 11) is -2.89. The maximum atomic E-state index is 11.3. The van der Waals surface area contributed by atoms with E-state index in [4.69, 9.17) is 5.11 Å². The van der Waals surface area contributed by atoms with Crippen LogP contribution in [0.25, 0.3) is 0 Å². The summed E-state index contributed by atoms with van der Waals surface area (Å²) in [5, 5.41) is 16.7. The van der Waals surface area contributed by atoms with Gasteiger partial charge in [0.05, 0.1) is 17.3 Å². The van der Waals surface area contributed by atoms with E-state index in [2.05, 4.69) is 10.2 Å². The first-order valence-electron chi connectivity index (χ1n) is 5.39. The molecule has 1 N–H and O–H groups in total. The molecule has 100 valence electrons. The van der Waals surface area contributed by atoms with E-state index in [1.807, 2.05) is 0 Å². The zero-order valence-corrected chi connectivity index (χ0v) is 11.2. The number of thioether (sulfide) groups is 1. The van der Waals surface area contributed by atoms with E-state index in [-0.39, 0.29) is 23.2 Å². The molecule has 0 aromatic carbocycles. The number of carboxylic acids is 1. The Morgan fingerprint density at radius 3 is 3.00 bits per heavy atom. The summed E-state index contributed by atoms with van der Waals surface area (Å²) in [5.41, 5.74) is 0. The summed E-state index contributed by atoms with van der Waals surface area (Å²) in [6.07, 6.45) is 2.15. The molecule has 2 heterocycles. The smallest absolute Gasteiger partial charge is 0.313 e. The molecule has 1 unspecified atom stereocenters. The molecule has 2 rings (SSSR count). The van der Waals surface area contributed by atoms with E-state index in [1.54, 1.807) is 4.57 Å². The average Bonchev–Trinajstić information content (AvgIpc) is 2.83. The monoisotopic (exact) mass is 291 g/mol. The minimum absolute atomic E-state index is 0.0650. The van der Waals surface area contributed by atoms with Crippen LogP contribution in [-0.4, -0.2) is 51.5 Å². The quantitative estimate of drug-likeness (QED) is 0.755. The number of carboxylic acid groups (broad SMARTS) is 1. The largest absolute Gasteiger partial charge is 0.481 e. The second kappa shape index (κ2) is 5.27. The summed E-state index contributed by atoms with van der Waals surface area (Å²) in [6.45, 7) is 0.522. The molecule has 1 aliphatic rings. The number of rotatable bonds is 5. The Balaban J connectivity index is 1.98. The molecule has 0 bridgehead atoms. The minimum Gasteiger partial charge on any atom is -0.481 e. The number of carbonyl (C=O) groups is 1. The standard InChI is InChI=1S/C9H13N3O4S2/c13-8(14)4-17-9-11-10-6-12(9)3-7-1-2-18(15,16)5-7/h6-7H,1-5H2,(H,13,14). The molecule has 0 aliphatic carbocycles. The third kappa shape index (κ3) is 3.45. The molecule has 9 heteroatoms. The number of nitrogens with zero attached hydrogens (tertiary/aromatic N) is 3. The number of aromatic nitrogens is 3. The van der Waals surface area contributed by atoms with Gasteiger partial charge >= 0.3 is 5.97 Å². The Bertz CT molecular complexity index is 540. The van der Waals surface area contributed by atoms with Crippen LogP contribution >= 0.6 is 11.8 Å². The molecule has 1 aromatic rings. The Morgan fingerprint density at radius 2 is 2.39 bits per heavy atom. The molecule has 1 aromatic heterocycles. The van der Waals surface area contributed by atoms with Crippen molar-refractivity contribution in [1.29, 1.82) is 0 Å². The van der Waals surface area contributed by atoms with Gasteiger partial charge in [0, 0.05) is 6.54 Å². The van der Waals surface area contributed by atoms with E-state index in [1.165, 1.54) is 6.33 Å². The van der Waals surface area contributed by atoms with Crippen molar-refractivity contribution in [3.05, 3.63) is 6.33 Å². The van der Waals surface area contributed by atoms with Crippen molar-refractivity contribution in [2.75, 3.05) is 17.3 Å². The first-order chi connectivity index (χ1) is 8.46. The van der Waals surface area contributed by atoms with Crippen LogP contribution < -0.4 is 0 Å². The van der Waals surface area contributed by atoms with Gasteiger partial charge in [0.15, 0.2) is 15.0 Å². The molecule has 1 aliphatic heterocycles. The van der Waals surface area contributed by atoms with Crippen molar-refractivity contribution in [2.45, 2.75) is 18.1 Å². The van der Waals surface area contributed by atoms with Crippen molar-refractivity contribution in [3.63, 3.8) is 0 Å². The fraction of sp³-hybridized carbons (Fsp3) is 0.667. The zero-order chi connectivity index (χ0) is 13.2. The molecule has 0 amide bonds. The number of aliphatic carboxylic acids is 1. The van der Waals surface area contributed by atoms with Gasteiger partial charge in [-0.05, 0) is 12.3 Å². The highest BCUT2D eigenvalue weighted by Gasteiger charge is 2.28. The fourth-order valence-electron chi connectivity index (χ4n) is 1.90. The molecule has 1 fully saturated rings. The lowest BCUT2D eigenvalue weighted by atomic mass is 10.1. The van der Waals surface area contributed by atoms with Gasteiger partial charge in [0.2, 0.25) is 0 Å². The van der Waals surface area contributed by atoms with Crippen LogP contribution in [0.5, 0.6) is 0 Å². The predicted molar refractivity (Wildman–Crippen MR) is 65.1 cm³/mol. The van der Waals surface area contributed by atoms with Gasteiger partial charge in [-0.2, -0.15) is 0 Å². The molecule has 0 radical (unpaired) electrons. The van der Waals surface area contributed by atoms with Crippen molar-refractivity contribution >= 4 is 27.6 Å². The second-order valence-corrected chi connectivity index (χ2v) is 7.39. The van der Waals surface area contributed by atoms with Gasteiger partial charge < -0.3 is 9.67 Å². The second-order valence-electron chi connectivity index (χ2n) is 4.22. The van der Waals surface area contributed by atoms with Crippen molar-refractivity contribution in [2.24, 2.45) is 5.92 Å². The first-order valence-corrected chi connectivity index (χ1v) is 8.20. The lowest BCUT2D eigenvalue weighted by molar-refractivity contribution is -0.133. The minimum atomic E-state index is -2.89. The number of sulfone groups is 1. The number of hydrogen-bond donors (Lipinski definition) is 1. The summed E-state index contributed by atoms with van der Waals surface area (Å²) < 4.78 is 24.4. The highest BCUT2D eigenvalue weighted by atomic mass is 32.2. The maximum absolute atomic E-state index is 11.3. The van der Waals surface area contributed by atoms with E-state index >= 15 is 0 Å². The lowest BCUT2D eigenvalue weighted by Crippen LogP contribution is -2.13. The van der Waals surface area contributed by atoms with E-state index < -0.39 is 15.8 Å². The average molecular weight is 291 g/mol. The van der Waals surface area contributed by atoms with Gasteiger partial charge in [0.1, 0.15) is 6.33 Å². The maximum Gasteiger partial charge on any atom is 0.313 e. The summed E-state index contributed by atoms with van der Waals surface area (Å²) in [6, 6.07) is 0. The van der Waals surface area contributed by atoms with E-state index in [0.717, 1.165) is 11.8 Å². The van der Waals surface area contributed by atoms with Gasteiger partial charge in [-0.25, -0.2) is 8.42 Å². The zero-order valence-electron chi connectivity index (χ0n) is 9.52. The molecule has 7 nitrogen and oxygen atoms in total. The Kier molecular flexibility index (Phi) is 3.91. The predicted octanol–water partition coefficient (Wildman–Crippen LogP) is -0.110. The first kappa shape index (κ1) is 13.3. The molecule has 0 spiro atoms. The van der Waals surface area contributed by atoms with Gasteiger partial charge in [-0.3, -0.25) is 4.79 Å². The van der Waals surface area contributed by atoms with Crippen molar-refractivity contribution in [1.82, 2.24) is 14.8 Å². The fourth-order valence-corrected chi connectivity index (χ4v) is 4.40. The molecule has 0 saturated carbocycles. The van der Waals surface area contributed by atoms with E-state index in [0.29, 0.717) is 18.1 Å². The lowest BCUT2D eigenvalue weighted by Gasteiger charge is -2.09. The van der Waals surface area contributed by atoms with Crippen LogP contribution in [0.1, 0.15) is 6.42 Å². The highest BCUT2D eigenvalue weighted by molar-refractivity contribution is 7.99. The van der Waals surface area contributed by atoms with Gasteiger partial charge in [-0.15, -0.1) is 10.2 Å². The summed E-state index contributed by atoms with van der Waals surface area (Å²) in [4.78, 5) is 10.5. The van der Waals surface area contributed by atoms with Crippen LogP contribution in [0.2, 0.25) is 0 Å². The van der Waals surface area contributed by atoms with Crippen molar-refractivity contribution in [3.8, 4) is 0 Å². The van der Waals surface area contributed by atoms with Crippen LogP contribution in [0.4, 0.5) is 0 Å². The molecular formula is C9H13N3O4S2.